The molecule has 0 atom stereocenters. The minimum absolute atomic E-state index is 0.0118. The first kappa shape index (κ1) is 17.7. The fourth-order valence-electron chi connectivity index (χ4n) is 3.72. The molecule has 2 heterocycles. The maximum Gasteiger partial charge on any atom is 0.238 e. The average Bonchev–Trinajstić information content (AvgIpc) is 3.47. The lowest BCUT2D eigenvalue weighted by Crippen LogP contribution is -2.45. The van der Waals surface area contributed by atoms with Gasteiger partial charge in [-0.15, -0.1) is 0 Å². The maximum atomic E-state index is 14.9. The quantitative estimate of drug-likeness (QED) is 0.888. The molecular formula is C19H19F2N3O3. The van der Waals surface area contributed by atoms with Gasteiger partial charge in [-0.05, 0) is 30.0 Å². The molecular weight excluding hydrogens is 356 g/mol. The summed E-state index contributed by atoms with van der Waals surface area (Å²) in [4.78, 5) is 18.6. The van der Waals surface area contributed by atoms with Crippen LogP contribution in [0, 0.1) is 11.6 Å². The van der Waals surface area contributed by atoms with Crippen LogP contribution in [0.15, 0.2) is 18.3 Å². The van der Waals surface area contributed by atoms with Crippen molar-refractivity contribution in [3.8, 4) is 11.5 Å². The molecule has 1 fully saturated rings. The van der Waals surface area contributed by atoms with Gasteiger partial charge in [0.15, 0.2) is 23.1 Å². The molecule has 6 nitrogen and oxygen atoms in total. The lowest BCUT2D eigenvalue weighted by Gasteiger charge is -2.35. The van der Waals surface area contributed by atoms with Gasteiger partial charge in [-0.2, -0.15) is 0 Å². The van der Waals surface area contributed by atoms with E-state index in [1.165, 1.54) is 14.2 Å². The number of ether oxygens (including phenoxy) is 2. The average molecular weight is 375 g/mol. The first-order valence-electron chi connectivity index (χ1n) is 8.57. The van der Waals surface area contributed by atoms with Crippen molar-refractivity contribution >= 4 is 11.6 Å². The summed E-state index contributed by atoms with van der Waals surface area (Å²) >= 11 is 0. The predicted molar refractivity (Wildman–Crippen MR) is 93.7 cm³/mol. The molecule has 1 saturated carbocycles. The molecule has 142 valence electrons. The van der Waals surface area contributed by atoms with Crippen LogP contribution in [0.25, 0.3) is 0 Å². The van der Waals surface area contributed by atoms with Crippen LogP contribution in [-0.2, 0) is 23.3 Å². The number of rotatable bonds is 4. The normalized spacial score (nSPS) is 17.1. The second-order valence-corrected chi connectivity index (χ2v) is 6.77. The van der Waals surface area contributed by atoms with Crippen molar-refractivity contribution in [2.45, 2.75) is 31.3 Å². The topological polar surface area (TPSA) is 77.7 Å². The summed E-state index contributed by atoms with van der Waals surface area (Å²) in [5.41, 5.74) is 6.73. The molecule has 1 aromatic heterocycles. The Morgan fingerprint density at radius 2 is 1.81 bits per heavy atom. The molecule has 0 unspecified atom stereocenters. The van der Waals surface area contributed by atoms with Crippen LogP contribution in [0.4, 0.5) is 14.5 Å². The fraction of sp³-hybridized carbons (Fsp3) is 0.368. The number of aromatic nitrogens is 1. The van der Waals surface area contributed by atoms with Crippen molar-refractivity contribution in [1.29, 1.82) is 0 Å². The number of pyridine rings is 1. The summed E-state index contributed by atoms with van der Waals surface area (Å²) in [5.74, 6) is -2.59. The molecule has 8 heteroatoms. The van der Waals surface area contributed by atoms with E-state index in [-0.39, 0.29) is 30.5 Å². The lowest BCUT2D eigenvalue weighted by molar-refractivity contribution is -0.121. The Labute approximate surface area is 154 Å². The number of halogens is 2. The number of benzene rings is 1. The predicted octanol–water partition coefficient (Wildman–Crippen LogP) is 2.41. The third kappa shape index (κ3) is 2.47. The Hall–Kier alpha value is -2.74. The molecule has 1 aliphatic carbocycles. The van der Waals surface area contributed by atoms with E-state index in [1.807, 2.05) is 6.07 Å². The number of methoxy groups -OCH3 is 2. The van der Waals surface area contributed by atoms with E-state index in [1.54, 1.807) is 6.20 Å². The Bertz CT molecular complexity index is 916. The summed E-state index contributed by atoms with van der Waals surface area (Å²) in [6.07, 6.45) is 2.87. The summed E-state index contributed by atoms with van der Waals surface area (Å²) < 4.78 is 39.8. The number of nitrogens with two attached hydrogens (primary N) is 1. The van der Waals surface area contributed by atoms with Crippen molar-refractivity contribution in [1.82, 2.24) is 4.98 Å². The van der Waals surface area contributed by atoms with E-state index >= 15 is 0 Å². The monoisotopic (exact) mass is 375 g/mol. The van der Waals surface area contributed by atoms with Gasteiger partial charge < -0.3 is 20.1 Å². The maximum absolute atomic E-state index is 14.9. The summed E-state index contributed by atoms with van der Waals surface area (Å²) in [6, 6.07) is 2.95. The minimum atomic E-state index is -0.935. The zero-order chi connectivity index (χ0) is 19.3. The van der Waals surface area contributed by atoms with Gasteiger partial charge >= 0.3 is 0 Å². The number of anilines is 1. The molecule has 2 aliphatic rings. The number of carbonyl (C=O) groups is 1. The molecule has 0 bridgehead atoms. The van der Waals surface area contributed by atoms with E-state index in [9.17, 15) is 13.6 Å². The van der Waals surface area contributed by atoms with Crippen LogP contribution in [0.3, 0.4) is 0 Å². The lowest BCUT2D eigenvalue weighted by atomic mass is 9.86. The smallest absolute Gasteiger partial charge is 0.238 e. The van der Waals surface area contributed by atoms with Gasteiger partial charge in [0.05, 0.1) is 31.9 Å². The zero-order valence-corrected chi connectivity index (χ0v) is 15.0. The van der Waals surface area contributed by atoms with Crippen LogP contribution in [0.1, 0.15) is 29.7 Å². The van der Waals surface area contributed by atoms with Gasteiger partial charge in [0.2, 0.25) is 5.91 Å². The summed E-state index contributed by atoms with van der Waals surface area (Å²) in [5, 5.41) is 0. The van der Waals surface area contributed by atoms with Crippen LogP contribution in [0.5, 0.6) is 11.5 Å². The molecule has 27 heavy (non-hydrogen) atoms. The highest BCUT2D eigenvalue weighted by Crippen LogP contribution is 2.54. The van der Waals surface area contributed by atoms with Crippen molar-refractivity contribution in [2.75, 3.05) is 19.1 Å². The number of nitrogens with zero attached hydrogens (tertiary/aromatic N) is 2. The van der Waals surface area contributed by atoms with Gasteiger partial charge in [0, 0.05) is 18.8 Å². The largest absolute Gasteiger partial charge is 0.493 e. The SMILES string of the molecule is COc1cc(OC)c(F)c(N2Cc3cnc(CN)cc3C3(CC3)C2=O)c1F. The number of amides is 1. The van der Waals surface area contributed by atoms with Crippen molar-refractivity contribution in [3.63, 3.8) is 0 Å². The van der Waals surface area contributed by atoms with E-state index in [0.717, 1.165) is 22.1 Å². The molecule has 0 saturated heterocycles. The minimum Gasteiger partial charge on any atom is -0.493 e. The third-order valence-electron chi connectivity index (χ3n) is 5.32. The number of fused-ring (bicyclic) bond motifs is 2. The first-order valence-corrected chi connectivity index (χ1v) is 8.57. The summed E-state index contributed by atoms with van der Waals surface area (Å²) in [7, 11) is 2.54. The molecule has 0 radical (unpaired) electrons. The number of hydrogen-bond acceptors (Lipinski definition) is 5. The van der Waals surface area contributed by atoms with E-state index in [2.05, 4.69) is 4.98 Å². The highest BCUT2D eigenvalue weighted by atomic mass is 19.1. The Morgan fingerprint density at radius 3 is 2.33 bits per heavy atom. The second-order valence-electron chi connectivity index (χ2n) is 6.77. The molecule has 4 rings (SSSR count). The van der Waals surface area contributed by atoms with Crippen molar-refractivity contribution < 1.29 is 23.0 Å². The molecule has 2 aromatic rings. The summed E-state index contributed by atoms with van der Waals surface area (Å²) in [6.45, 7) is 0.273. The molecule has 1 spiro atoms. The zero-order valence-electron chi connectivity index (χ0n) is 15.0. The Morgan fingerprint density at radius 1 is 1.19 bits per heavy atom. The first-order chi connectivity index (χ1) is 13.0. The molecule has 1 amide bonds. The Balaban J connectivity index is 1.88. The fourth-order valence-corrected chi connectivity index (χ4v) is 3.72. The van der Waals surface area contributed by atoms with Crippen LogP contribution in [0.2, 0.25) is 0 Å². The van der Waals surface area contributed by atoms with E-state index in [0.29, 0.717) is 18.5 Å². The van der Waals surface area contributed by atoms with Crippen LogP contribution in [-0.4, -0.2) is 25.1 Å². The van der Waals surface area contributed by atoms with Gasteiger partial charge in [0.1, 0.15) is 5.69 Å². The molecule has 2 N–H and O–H groups in total. The van der Waals surface area contributed by atoms with Crippen LogP contribution < -0.4 is 20.1 Å². The molecule has 1 aliphatic heterocycles. The van der Waals surface area contributed by atoms with Gasteiger partial charge in [-0.1, -0.05) is 0 Å². The van der Waals surface area contributed by atoms with Crippen molar-refractivity contribution in [3.05, 3.63) is 46.8 Å². The van der Waals surface area contributed by atoms with E-state index < -0.39 is 22.7 Å². The Kier molecular flexibility index (Phi) is 4.03. The van der Waals surface area contributed by atoms with Gasteiger partial charge in [-0.3, -0.25) is 9.78 Å². The van der Waals surface area contributed by atoms with Gasteiger partial charge in [0.25, 0.3) is 0 Å². The number of carbonyl (C=O) groups excluding carboxylic acids is 1. The standard InChI is InChI=1S/C19H19F2N3O3/c1-26-13-6-14(27-2)16(21)17(15(13)20)24-9-10-8-23-11(7-22)5-12(10)19(3-4-19)18(24)25/h5-6,8H,3-4,7,9,22H2,1-2H3. The number of hydrogen-bond donors (Lipinski definition) is 1. The third-order valence-corrected chi connectivity index (χ3v) is 5.32. The van der Waals surface area contributed by atoms with E-state index in [4.69, 9.17) is 15.2 Å². The second kappa shape index (κ2) is 6.16. The molecule has 1 aromatic carbocycles. The van der Waals surface area contributed by atoms with Gasteiger partial charge in [-0.25, -0.2) is 8.78 Å². The highest BCUT2D eigenvalue weighted by Gasteiger charge is 2.57. The van der Waals surface area contributed by atoms with Crippen molar-refractivity contribution in [2.24, 2.45) is 5.73 Å². The highest BCUT2D eigenvalue weighted by molar-refractivity contribution is 6.05. The van der Waals surface area contributed by atoms with Crippen LogP contribution >= 0.6 is 0 Å².